The van der Waals surface area contributed by atoms with Gasteiger partial charge in [0.15, 0.2) is 0 Å². The molecular formula is C43H63NO6. The van der Waals surface area contributed by atoms with Gasteiger partial charge in [0.2, 0.25) is 0 Å². The van der Waals surface area contributed by atoms with Crippen molar-refractivity contribution in [3.8, 4) is 11.8 Å². The van der Waals surface area contributed by atoms with Gasteiger partial charge in [-0.1, -0.05) is 58.6 Å². The molecule has 4 unspecified atom stereocenters. The number of fused-ring (bicyclic) bond motifs is 7. The molecule has 7 heteroatoms. The molecule has 10 atom stereocenters. The molecule has 5 aliphatic carbocycles. The molecule has 0 aromatic rings. The highest BCUT2D eigenvalue weighted by atomic mass is 16.5. The second-order valence-electron chi connectivity index (χ2n) is 19.5. The Labute approximate surface area is 300 Å². The molecule has 1 heterocycles. The minimum absolute atomic E-state index is 0.0985. The number of carbonyl (C=O) groups excluding carboxylic acids is 1. The summed E-state index contributed by atoms with van der Waals surface area (Å²) in [6, 6.07) is 0. The average molecular weight is 690 g/mol. The first kappa shape index (κ1) is 37.2. The molecule has 0 amide bonds. The number of carboxylic acids is 2. The lowest BCUT2D eigenvalue weighted by atomic mass is 9.32. The molecule has 276 valence electrons. The molecular weight excluding hydrogens is 626 g/mol. The normalized spacial score (nSPS) is 42.1. The molecule has 0 radical (unpaired) electrons. The summed E-state index contributed by atoms with van der Waals surface area (Å²) in [6.07, 6.45) is 11.2. The molecule has 5 fully saturated rings. The van der Waals surface area contributed by atoms with Gasteiger partial charge in [0.05, 0.1) is 17.4 Å². The molecule has 5 saturated carbocycles. The number of nitrogens with one attached hydrogen (secondary N) is 1. The van der Waals surface area contributed by atoms with Gasteiger partial charge in [-0.15, -0.1) is 0 Å². The van der Waals surface area contributed by atoms with Crippen molar-refractivity contribution < 1.29 is 29.3 Å². The van der Waals surface area contributed by atoms with Crippen LogP contribution < -0.4 is 5.32 Å². The predicted molar refractivity (Wildman–Crippen MR) is 195 cm³/mol. The van der Waals surface area contributed by atoms with Crippen molar-refractivity contribution >= 4 is 17.9 Å². The number of hydrogen-bond acceptors (Lipinski definition) is 5. The molecule has 6 rings (SSSR count). The lowest BCUT2D eigenvalue weighted by Crippen LogP contribution is -2.66. The zero-order chi connectivity index (χ0) is 36.7. The molecule has 3 N–H and O–H groups in total. The van der Waals surface area contributed by atoms with Gasteiger partial charge in [-0.05, 0) is 137 Å². The van der Waals surface area contributed by atoms with Crippen LogP contribution in [0.15, 0.2) is 23.3 Å². The molecule has 0 saturated heterocycles. The Bertz CT molecular complexity index is 1540. The van der Waals surface area contributed by atoms with Crippen molar-refractivity contribution in [3.05, 3.63) is 23.3 Å². The lowest BCUT2D eigenvalue weighted by molar-refractivity contribution is -0.247. The minimum Gasteiger partial charge on any atom is -0.481 e. The Morgan fingerprint density at radius 3 is 2.30 bits per heavy atom. The summed E-state index contributed by atoms with van der Waals surface area (Å²) in [5.74, 6) is 7.55. The van der Waals surface area contributed by atoms with E-state index >= 15 is 0 Å². The van der Waals surface area contributed by atoms with E-state index in [0.717, 1.165) is 63.5 Å². The molecule has 0 aromatic heterocycles. The number of allylic oxidation sites excluding steroid dienone is 1. The van der Waals surface area contributed by atoms with Gasteiger partial charge in [0.1, 0.15) is 6.10 Å². The van der Waals surface area contributed by atoms with Crippen molar-refractivity contribution in [2.45, 2.75) is 139 Å². The van der Waals surface area contributed by atoms with Gasteiger partial charge in [-0.25, -0.2) is 4.79 Å². The third-order valence-corrected chi connectivity index (χ3v) is 16.4. The zero-order valence-corrected chi connectivity index (χ0v) is 32.1. The summed E-state index contributed by atoms with van der Waals surface area (Å²) < 4.78 is 6.17. The van der Waals surface area contributed by atoms with Crippen LogP contribution in [0.3, 0.4) is 0 Å². The fraction of sp³-hybridized carbons (Fsp3) is 0.791. The van der Waals surface area contributed by atoms with E-state index in [-0.39, 0.29) is 39.6 Å². The Kier molecular flexibility index (Phi) is 9.31. The third kappa shape index (κ3) is 5.60. The zero-order valence-electron chi connectivity index (χ0n) is 32.1. The Morgan fingerprint density at radius 1 is 0.920 bits per heavy atom. The quantitative estimate of drug-likeness (QED) is 0.146. The molecule has 6 aliphatic rings. The first-order valence-electron chi connectivity index (χ1n) is 19.5. The molecule has 50 heavy (non-hydrogen) atoms. The van der Waals surface area contributed by atoms with Gasteiger partial charge in [-0.2, -0.15) is 0 Å². The van der Waals surface area contributed by atoms with Gasteiger partial charge < -0.3 is 20.3 Å². The van der Waals surface area contributed by atoms with Crippen LogP contribution in [0.1, 0.15) is 132 Å². The SMILES string of the molecule is C=C(C)[C@@H]1CC[C@]2(C#CC3=C(C(=O)O)CNCC3)CC[C@]3(C)C(CCC4[C@@]5(C)CC[C@H](OC(=O)CC(C)(C)C(=O)O)C(C)(C)C5CC[C@]43C)C12. The first-order valence-corrected chi connectivity index (χ1v) is 19.5. The lowest BCUT2D eigenvalue weighted by Gasteiger charge is -2.72. The van der Waals surface area contributed by atoms with Crippen LogP contribution >= 0.6 is 0 Å². The fourth-order valence-corrected chi connectivity index (χ4v) is 13.4. The maximum Gasteiger partial charge on any atom is 0.333 e. The maximum absolute atomic E-state index is 13.1. The van der Waals surface area contributed by atoms with E-state index in [4.69, 9.17) is 4.74 Å². The summed E-state index contributed by atoms with van der Waals surface area (Å²) in [6.45, 7) is 23.5. The monoisotopic (exact) mass is 689 g/mol. The Hall–Kier alpha value is -2.59. The van der Waals surface area contributed by atoms with E-state index in [1.807, 2.05) is 0 Å². The van der Waals surface area contributed by atoms with Crippen molar-refractivity contribution in [1.29, 1.82) is 0 Å². The molecule has 0 aromatic carbocycles. The molecule has 0 bridgehead atoms. The highest BCUT2D eigenvalue weighted by Gasteiger charge is 2.71. The van der Waals surface area contributed by atoms with Gasteiger partial charge in [0.25, 0.3) is 0 Å². The van der Waals surface area contributed by atoms with Crippen molar-refractivity contribution in [3.63, 3.8) is 0 Å². The van der Waals surface area contributed by atoms with E-state index in [9.17, 15) is 24.6 Å². The topological polar surface area (TPSA) is 113 Å². The second kappa shape index (κ2) is 12.5. The highest BCUT2D eigenvalue weighted by Crippen LogP contribution is 2.77. The van der Waals surface area contributed by atoms with Gasteiger partial charge >= 0.3 is 17.9 Å². The maximum atomic E-state index is 13.1. The van der Waals surface area contributed by atoms with E-state index in [2.05, 4.69) is 65.3 Å². The van der Waals surface area contributed by atoms with Crippen LogP contribution in [0.4, 0.5) is 0 Å². The fourth-order valence-electron chi connectivity index (χ4n) is 13.4. The number of aliphatic carboxylic acids is 2. The standard InChI is InChI=1S/C43H63NO6/c1-26(2)28-13-20-43(19-12-27-16-23-44-25-29(27)36(46)47)22-21-41(8)30(35(28)43)10-11-32-40(7)17-15-33(50-34(45)24-38(3,4)37(48)49)39(5,6)31(40)14-18-42(32,41)9/h28,30-33,35,44H,1,10-11,13-18,20-25H2,2-9H3,(H,46,47)(H,48,49)/t28-,30?,31?,32?,33-,35?,40-,41+,42+,43+/m0/s1. The Balaban J connectivity index is 1.29. The van der Waals surface area contributed by atoms with Crippen LogP contribution in [-0.4, -0.2) is 47.3 Å². The van der Waals surface area contributed by atoms with Crippen molar-refractivity contribution in [2.75, 3.05) is 13.1 Å². The highest BCUT2D eigenvalue weighted by molar-refractivity contribution is 5.89. The summed E-state index contributed by atoms with van der Waals surface area (Å²) >= 11 is 0. The number of esters is 1. The van der Waals surface area contributed by atoms with E-state index in [1.165, 1.54) is 18.4 Å². The van der Waals surface area contributed by atoms with Crippen LogP contribution in [-0.2, 0) is 19.1 Å². The molecule has 0 spiro atoms. The van der Waals surface area contributed by atoms with Gasteiger partial charge in [-0.3, -0.25) is 9.59 Å². The number of hydrogen-bond donors (Lipinski definition) is 3. The van der Waals surface area contributed by atoms with Crippen molar-refractivity contribution in [2.24, 2.45) is 62.1 Å². The summed E-state index contributed by atoms with van der Waals surface area (Å²) in [7, 11) is 0. The third-order valence-electron chi connectivity index (χ3n) is 16.4. The summed E-state index contributed by atoms with van der Waals surface area (Å²) in [5, 5.41) is 22.7. The van der Waals surface area contributed by atoms with E-state index in [0.29, 0.717) is 48.1 Å². The van der Waals surface area contributed by atoms with E-state index in [1.54, 1.807) is 13.8 Å². The van der Waals surface area contributed by atoms with Crippen LogP contribution in [0.2, 0.25) is 0 Å². The number of carbonyl (C=O) groups is 3. The van der Waals surface area contributed by atoms with Crippen LogP contribution in [0, 0.1) is 73.9 Å². The second-order valence-corrected chi connectivity index (χ2v) is 19.5. The molecule has 1 aliphatic heterocycles. The smallest absolute Gasteiger partial charge is 0.333 e. The summed E-state index contributed by atoms with van der Waals surface area (Å²) in [5.41, 5.74) is 1.52. The molecule has 7 nitrogen and oxygen atoms in total. The first-order chi connectivity index (χ1) is 23.2. The summed E-state index contributed by atoms with van der Waals surface area (Å²) in [4.78, 5) is 36.9. The van der Waals surface area contributed by atoms with Crippen LogP contribution in [0.25, 0.3) is 0 Å². The van der Waals surface area contributed by atoms with E-state index < -0.39 is 23.3 Å². The Morgan fingerprint density at radius 2 is 1.64 bits per heavy atom. The van der Waals surface area contributed by atoms with Gasteiger partial charge in [0, 0.05) is 29.5 Å². The number of rotatable bonds is 6. The van der Waals surface area contributed by atoms with Crippen LogP contribution in [0.5, 0.6) is 0 Å². The number of ether oxygens (including phenoxy) is 1. The van der Waals surface area contributed by atoms with Crippen molar-refractivity contribution in [1.82, 2.24) is 5.32 Å². The predicted octanol–water partition coefficient (Wildman–Crippen LogP) is 8.43. The number of carboxylic acid groups (broad SMARTS) is 2. The largest absolute Gasteiger partial charge is 0.481 e. The minimum atomic E-state index is -1.15. The average Bonchev–Trinajstić information content (AvgIpc) is 3.42.